The summed E-state index contributed by atoms with van der Waals surface area (Å²) >= 11 is 0. The summed E-state index contributed by atoms with van der Waals surface area (Å²) in [5.41, 5.74) is 0.675. The highest BCUT2D eigenvalue weighted by Crippen LogP contribution is 2.04. The van der Waals surface area contributed by atoms with Gasteiger partial charge in [0.2, 0.25) is 0 Å². The molecule has 0 aliphatic rings. The van der Waals surface area contributed by atoms with Crippen LogP contribution in [-0.2, 0) is 4.79 Å². The van der Waals surface area contributed by atoms with E-state index in [1.807, 2.05) is 0 Å². The summed E-state index contributed by atoms with van der Waals surface area (Å²) < 4.78 is 0. The molecular weight excluding hydrogens is 316 g/mol. The van der Waals surface area contributed by atoms with Crippen LogP contribution in [0, 0.1) is 0 Å². The molecule has 2 rings (SSSR count). The Kier molecular flexibility index (Phi) is 6.74. The maximum absolute atomic E-state index is 10.9. The lowest BCUT2D eigenvalue weighted by atomic mass is 10.0. The standard InChI is InChI=1S/C6H12O7.C5H4N4O/c7-1-2(8)3(9)4(10)5(11)6(12)13;10-5-3-4(7-1-6-3)8-2-9-5/h2-5,7-11H,1H2,(H,12,13);1-2H,(H2,6,7,8,9,10)/t2-,3+,4+,5-;/m1./s1. The molecule has 128 valence electrons. The minimum atomic E-state index is -2.20. The second-order valence-corrected chi connectivity index (χ2v) is 4.35. The van der Waals surface area contributed by atoms with Crippen LogP contribution in [0.4, 0.5) is 0 Å². The van der Waals surface area contributed by atoms with Crippen molar-refractivity contribution in [1.29, 1.82) is 0 Å². The number of nitrogens with zero attached hydrogens (tertiary/aromatic N) is 2. The fourth-order valence-electron chi connectivity index (χ4n) is 1.44. The van der Waals surface area contributed by atoms with Crippen molar-refractivity contribution in [2.75, 3.05) is 6.61 Å². The zero-order chi connectivity index (χ0) is 17.6. The molecule has 12 nitrogen and oxygen atoms in total. The number of aliphatic hydroxyl groups excluding tert-OH is 5. The number of H-pyrrole nitrogens is 2. The van der Waals surface area contributed by atoms with Crippen molar-refractivity contribution in [3.8, 4) is 0 Å². The minimum Gasteiger partial charge on any atom is -0.479 e. The highest BCUT2D eigenvalue weighted by atomic mass is 16.4. The highest BCUT2D eigenvalue weighted by molar-refractivity contribution is 5.72. The van der Waals surface area contributed by atoms with Gasteiger partial charge in [-0.1, -0.05) is 0 Å². The molecule has 0 unspecified atom stereocenters. The third-order valence-corrected chi connectivity index (χ3v) is 2.74. The Morgan fingerprint density at radius 3 is 2.13 bits per heavy atom. The molecule has 2 aromatic heterocycles. The third-order valence-electron chi connectivity index (χ3n) is 2.74. The van der Waals surface area contributed by atoms with E-state index in [0.717, 1.165) is 0 Å². The van der Waals surface area contributed by atoms with Crippen LogP contribution in [0.15, 0.2) is 17.4 Å². The molecule has 2 aromatic rings. The van der Waals surface area contributed by atoms with Crippen molar-refractivity contribution in [2.45, 2.75) is 24.4 Å². The van der Waals surface area contributed by atoms with Crippen LogP contribution in [0.5, 0.6) is 0 Å². The third kappa shape index (κ3) is 4.80. The van der Waals surface area contributed by atoms with Crippen molar-refractivity contribution in [3.63, 3.8) is 0 Å². The van der Waals surface area contributed by atoms with Gasteiger partial charge in [0.05, 0.1) is 19.3 Å². The van der Waals surface area contributed by atoms with Gasteiger partial charge in [0.25, 0.3) is 5.56 Å². The summed E-state index contributed by atoms with van der Waals surface area (Å²) in [6.45, 7) is -0.843. The van der Waals surface area contributed by atoms with Crippen molar-refractivity contribution in [1.82, 2.24) is 19.9 Å². The Morgan fingerprint density at radius 2 is 1.65 bits per heavy atom. The first-order chi connectivity index (χ1) is 10.8. The number of carbonyl (C=O) groups is 1. The lowest BCUT2D eigenvalue weighted by Crippen LogP contribution is -2.48. The molecule has 0 aromatic carbocycles. The zero-order valence-corrected chi connectivity index (χ0v) is 11.6. The van der Waals surface area contributed by atoms with E-state index >= 15 is 0 Å². The van der Waals surface area contributed by atoms with Crippen LogP contribution in [0.25, 0.3) is 11.2 Å². The van der Waals surface area contributed by atoms with Gasteiger partial charge in [0, 0.05) is 0 Å². The summed E-state index contributed by atoms with van der Waals surface area (Å²) in [7, 11) is 0. The number of hydrogen-bond acceptors (Lipinski definition) is 9. The molecule has 0 bridgehead atoms. The Hall–Kier alpha value is -2.38. The van der Waals surface area contributed by atoms with Crippen LogP contribution >= 0.6 is 0 Å². The second kappa shape index (κ2) is 8.30. The number of nitrogens with one attached hydrogen (secondary N) is 2. The number of aliphatic hydroxyl groups is 5. The molecular formula is C11H16N4O8. The van der Waals surface area contributed by atoms with E-state index in [9.17, 15) is 9.59 Å². The molecule has 0 amide bonds. The summed E-state index contributed by atoms with van der Waals surface area (Å²) in [6.07, 6.45) is -5.07. The quantitative estimate of drug-likeness (QED) is 0.267. The van der Waals surface area contributed by atoms with E-state index in [2.05, 4.69) is 19.9 Å². The molecule has 0 aliphatic heterocycles. The maximum atomic E-state index is 10.9. The van der Waals surface area contributed by atoms with Gasteiger partial charge in [-0.3, -0.25) is 4.79 Å². The van der Waals surface area contributed by atoms with Gasteiger partial charge in [-0.15, -0.1) is 0 Å². The predicted molar refractivity (Wildman–Crippen MR) is 73.3 cm³/mol. The topological polar surface area (TPSA) is 213 Å². The molecule has 0 saturated carbocycles. The normalized spacial score (nSPS) is 16.0. The maximum Gasteiger partial charge on any atom is 0.335 e. The van der Waals surface area contributed by atoms with E-state index in [1.165, 1.54) is 12.7 Å². The van der Waals surface area contributed by atoms with Gasteiger partial charge in [-0.05, 0) is 0 Å². The number of imidazole rings is 1. The number of aromatic nitrogens is 4. The molecule has 23 heavy (non-hydrogen) atoms. The SMILES string of the molecule is O=C(O)[C@H](O)[C@@H](O)[C@@H](O)[C@H](O)CO.O=c1[nH]cnc2nc[nH]c12. The zero-order valence-electron chi connectivity index (χ0n) is 11.6. The lowest BCUT2D eigenvalue weighted by Gasteiger charge is -2.23. The summed E-state index contributed by atoms with van der Waals surface area (Å²) in [6, 6.07) is 0. The first-order valence-electron chi connectivity index (χ1n) is 6.22. The number of aromatic amines is 2. The van der Waals surface area contributed by atoms with Crippen molar-refractivity contribution in [2.24, 2.45) is 0 Å². The highest BCUT2D eigenvalue weighted by Gasteiger charge is 2.33. The van der Waals surface area contributed by atoms with Crippen molar-refractivity contribution >= 4 is 17.1 Å². The monoisotopic (exact) mass is 332 g/mol. The molecule has 4 atom stereocenters. The Morgan fingerprint density at radius 1 is 1.09 bits per heavy atom. The van der Waals surface area contributed by atoms with Crippen LogP contribution in [0.1, 0.15) is 0 Å². The van der Waals surface area contributed by atoms with Crippen LogP contribution in [-0.4, -0.2) is 87.6 Å². The molecule has 0 spiro atoms. The van der Waals surface area contributed by atoms with Gasteiger partial charge in [0.15, 0.2) is 17.3 Å². The summed E-state index contributed by atoms with van der Waals surface area (Å²) in [5, 5.41) is 51.8. The van der Waals surface area contributed by atoms with E-state index in [4.69, 9.17) is 30.6 Å². The number of fused-ring (bicyclic) bond motifs is 1. The first-order valence-corrected chi connectivity index (χ1v) is 6.22. The van der Waals surface area contributed by atoms with Gasteiger partial charge < -0.3 is 40.6 Å². The van der Waals surface area contributed by atoms with Crippen molar-refractivity contribution in [3.05, 3.63) is 23.0 Å². The lowest BCUT2D eigenvalue weighted by molar-refractivity contribution is -0.164. The van der Waals surface area contributed by atoms with Gasteiger partial charge in [-0.25, -0.2) is 14.8 Å². The smallest absolute Gasteiger partial charge is 0.335 e. The molecule has 12 heteroatoms. The minimum absolute atomic E-state index is 0.192. The number of aliphatic carboxylic acids is 1. The predicted octanol–water partition coefficient (Wildman–Crippen LogP) is -3.85. The fraction of sp³-hybridized carbons (Fsp3) is 0.455. The van der Waals surface area contributed by atoms with E-state index in [0.29, 0.717) is 11.2 Å². The number of carboxylic acid groups (broad SMARTS) is 1. The largest absolute Gasteiger partial charge is 0.479 e. The average Bonchev–Trinajstić information content (AvgIpc) is 3.02. The van der Waals surface area contributed by atoms with E-state index < -0.39 is 37.0 Å². The fourth-order valence-corrected chi connectivity index (χ4v) is 1.44. The van der Waals surface area contributed by atoms with Crippen LogP contribution in [0.2, 0.25) is 0 Å². The van der Waals surface area contributed by atoms with Gasteiger partial charge in [-0.2, -0.15) is 0 Å². The summed E-state index contributed by atoms with van der Waals surface area (Å²) in [5.74, 6) is -1.73. The van der Waals surface area contributed by atoms with Gasteiger partial charge >= 0.3 is 5.97 Å². The summed E-state index contributed by atoms with van der Waals surface area (Å²) in [4.78, 5) is 33.7. The molecule has 8 N–H and O–H groups in total. The van der Waals surface area contributed by atoms with Crippen LogP contribution < -0.4 is 5.56 Å². The van der Waals surface area contributed by atoms with E-state index in [-0.39, 0.29) is 5.56 Å². The van der Waals surface area contributed by atoms with E-state index in [1.54, 1.807) is 0 Å². The first kappa shape index (κ1) is 18.7. The number of hydrogen-bond donors (Lipinski definition) is 8. The van der Waals surface area contributed by atoms with Crippen LogP contribution in [0.3, 0.4) is 0 Å². The molecule has 0 fully saturated rings. The Bertz CT molecular complexity index is 686. The molecule has 0 radical (unpaired) electrons. The molecule has 0 saturated heterocycles. The molecule has 0 aliphatic carbocycles. The Balaban J connectivity index is 0.000000235. The van der Waals surface area contributed by atoms with Gasteiger partial charge in [0.1, 0.15) is 18.3 Å². The second-order valence-electron chi connectivity index (χ2n) is 4.35. The number of rotatable bonds is 5. The Labute approximate surface area is 127 Å². The average molecular weight is 332 g/mol. The molecule has 2 heterocycles. The van der Waals surface area contributed by atoms with Crippen molar-refractivity contribution < 1.29 is 35.4 Å². The number of carboxylic acids is 1.